The molecule has 4 nitrogen and oxygen atoms in total. The number of carbonyl (C=O) groups excluding carboxylic acids is 1. The quantitative estimate of drug-likeness (QED) is 0.388. The van der Waals surface area contributed by atoms with Crippen molar-refractivity contribution < 1.29 is 49.0 Å². The third-order valence-corrected chi connectivity index (χ3v) is 6.34. The lowest BCUT2D eigenvalue weighted by atomic mass is 9.77. The van der Waals surface area contributed by atoms with E-state index in [0.29, 0.717) is 12.1 Å². The highest BCUT2D eigenvalue weighted by atomic mass is 19.4. The van der Waals surface area contributed by atoms with E-state index in [1.165, 1.54) is 0 Å². The Morgan fingerprint density at radius 1 is 0.921 bits per heavy atom. The zero-order valence-corrected chi connectivity index (χ0v) is 20.4. The van der Waals surface area contributed by atoms with Crippen LogP contribution in [0.25, 0.3) is 0 Å². The molecule has 1 aliphatic heterocycles. The fourth-order valence-corrected chi connectivity index (χ4v) is 4.57. The number of carbonyl (C=O) groups is 1. The summed E-state index contributed by atoms with van der Waals surface area (Å²) < 4.78 is 127. The van der Waals surface area contributed by atoms with Crippen LogP contribution in [-0.4, -0.2) is 18.2 Å². The number of fused-ring (bicyclic) bond motifs is 1. The van der Waals surface area contributed by atoms with Gasteiger partial charge < -0.3 is 10.5 Å². The molecular weight excluding hydrogens is 531 g/mol. The molecule has 2 aromatic carbocycles. The predicted octanol–water partition coefficient (Wildman–Crippen LogP) is 8.06. The van der Waals surface area contributed by atoms with E-state index in [4.69, 9.17) is 10.5 Å². The Hall–Kier alpha value is -2.96. The molecule has 2 aromatic rings. The van der Waals surface area contributed by atoms with Crippen molar-refractivity contribution in [3.8, 4) is 0 Å². The van der Waals surface area contributed by atoms with Gasteiger partial charge in [-0.05, 0) is 74.2 Å². The van der Waals surface area contributed by atoms with Gasteiger partial charge >= 0.3 is 24.6 Å². The second-order valence-corrected chi connectivity index (χ2v) is 9.34. The van der Waals surface area contributed by atoms with E-state index >= 15 is 0 Å². The number of benzene rings is 2. The van der Waals surface area contributed by atoms with Crippen molar-refractivity contribution in [1.82, 2.24) is 0 Å². The third kappa shape index (κ3) is 6.19. The summed E-state index contributed by atoms with van der Waals surface area (Å²) in [6.45, 7) is 4.81. The summed E-state index contributed by atoms with van der Waals surface area (Å²) in [4.78, 5) is 14.0. The first-order valence-corrected chi connectivity index (χ1v) is 11.6. The maximum atomic E-state index is 13.6. The van der Waals surface area contributed by atoms with Crippen LogP contribution in [-0.2, 0) is 23.3 Å². The minimum atomic E-state index is -5.13. The molecule has 210 valence electrons. The molecule has 0 saturated carbocycles. The third-order valence-electron chi connectivity index (χ3n) is 6.34. The van der Waals surface area contributed by atoms with Gasteiger partial charge in [0.2, 0.25) is 0 Å². The molecule has 13 heteroatoms. The highest BCUT2D eigenvalue weighted by Crippen LogP contribution is 2.48. The van der Waals surface area contributed by atoms with Crippen molar-refractivity contribution in [2.75, 3.05) is 4.90 Å². The number of nitrogens with zero attached hydrogens (tertiary/aromatic N) is 1. The highest BCUT2D eigenvalue weighted by molar-refractivity contribution is 5.90. The molecule has 1 aliphatic rings. The SMILES string of the molecule is CC[C@@H]1C[C@@H](C(N)c2cc(C(F)(F)F)cc(C(F)(F)F)c2)c2cc(C(F)(F)F)ccc2N1C(=O)OC(C)C. The van der Waals surface area contributed by atoms with E-state index in [0.717, 1.165) is 23.1 Å². The van der Waals surface area contributed by atoms with Gasteiger partial charge in [-0.25, -0.2) is 4.79 Å². The molecule has 1 unspecified atom stereocenters. The summed E-state index contributed by atoms with van der Waals surface area (Å²) in [6, 6.07) is 1.12. The topological polar surface area (TPSA) is 55.6 Å². The zero-order chi connectivity index (χ0) is 28.8. The van der Waals surface area contributed by atoms with Gasteiger partial charge in [-0.3, -0.25) is 4.90 Å². The molecule has 3 atom stereocenters. The molecule has 0 radical (unpaired) electrons. The number of anilines is 1. The lowest BCUT2D eigenvalue weighted by molar-refractivity contribution is -0.143. The van der Waals surface area contributed by atoms with Crippen LogP contribution in [0, 0.1) is 0 Å². The monoisotopic (exact) mass is 556 g/mol. The van der Waals surface area contributed by atoms with Gasteiger partial charge in [0, 0.05) is 18.0 Å². The van der Waals surface area contributed by atoms with E-state index in [9.17, 15) is 44.3 Å². The highest BCUT2D eigenvalue weighted by Gasteiger charge is 2.43. The first kappa shape index (κ1) is 29.6. The van der Waals surface area contributed by atoms with Crippen LogP contribution in [0.5, 0.6) is 0 Å². The van der Waals surface area contributed by atoms with E-state index in [-0.39, 0.29) is 30.2 Å². The number of rotatable bonds is 4. The van der Waals surface area contributed by atoms with Crippen LogP contribution in [0.15, 0.2) is 36.4 Å². The van der Waals surface area contributed by atoms with Gasteiger partial charge in [0.05, 0.1) is 28.5 Å². The van der Waals surface area contributed by atoms with Crippen molar-refractivity contribution in [3.63, 3.8) is 0 Å². The number of nitrogens with two attached hydrogens (primary N) is 1. The Morgan fingerprint density at radius 2 is 1.45 bits per heavy atom. The molecule has 2 N–H and O–H groups in total. The largest absolute Gasteiger partial charge is 0.446 e. The van der Waals surface area contributed by atoms with E-state index in [1.54, 1.807) is 20.8 Å². The van der Waals surface area contributed by atoms with Crippen LogP contribution < -0.4 is 10.6 Å². The minimum Gasteiger partial charge on any atom is -0.446 e. The van der Waals surface area contributed by atoms with Gasteiger partial charge in [-0.1, -0.05) is 6.92 Å². The average Bonchev–Trinajstić information content (AvgIpc) is 2.79. The molecule has 0 spiro atoms. The van der Waals surface area contributed by atoms with Crippen molar-refractivity contribution in [1.29, 1.82) is 0 Å². The number of amides is 1. The van der Waals surface area contributed by atoms with Crippen LogP contribution in [0.1, 0.15) is 73.4 Å². The summed E-state index contributed by atoms with van der Waals surface area (Å²) in [7, 11) is 0. The fraction of sp³-hybridized carbons (Fsp3) is 0.480. The summed E-state index contributed by atoms with van der Waals surface area (Å²) in [5, 5.41) is 0. The number of hydrogen-bond acceptors (Lipinski definition) is 3. The maximum Gasteiger partial charge on any atom is 0.416 e. The molecule has 38 heavy (non-hydrogen) atoms. The van der Waals surface area contributed by atoms with Gasteiger partial charge in [-0.15, -0.1) is 0 Å². The second kappa shape index (κ2) is 10.3. The number of ether oxygens (including phenoxy) is 1. The smallest absolute Gasteiger partial charge is 0.416 e. The normalized spacial score (nSPS) is 19.4. The van der Waals surface area contributed by atoms with Gasteiger partial charge in [0.15, 0.2) is 0 Å². The first-order valence-electron chi connectivity index (χ1n) is 11.6. The van der Waals surface area contributed by atoms with Crippen molar-refractivity contribution in [2.45, 2.75) is 76.2 Å². The average molecular weight is 556 g/mol. The molecule has 0 aromatic heterocycles. The summed E-state index contributed by atoms with van der Waals surface area (Å²) in [6.07, 6.45) is -16.4. The van der Waals surface area contributed by atoms with Crippen molar-refractivity contribution in [2.24, 2.45) is 5.73 Å². The second-order valence-electron chi connectivity index (χ2n) is 9.34. The summed E-state index contributed by atoms with van der Waals surface area (Å²) in [5.41, 5.74) is 1.25. The van der Waals surface area contributed by atoms with Gasteiger partial charge in [0.25, 0.3) is 0 Å². The molecule has 0 bridgehead atoms. The number of hydrogen-bond donors (Lipinski definition) is 1. The van der Waals surface area contributed by atoms with E-state index in [1.807, 2.05) is 0 Å². The molecule has 3 rings (SSSR count). The van der Waals surface area contributed by atoms with E-state index in [2.05, 4.69) is 0 Å². The fourth-order valence-electron chi connectivity index (χ4n) is 4.57. The molecule has 1 amide bonds. The predicted molar refractivity (Wildman–Crippen MR) is 120 cm³/mol. The standard InChI is InChI=1S/C25H25F9N2O2/c1-4-17-11-19(21(35)13-7-15(24(29,30)31)9-16(8-13)25(32,33)34)18-10-14(23(26,27)28)5-6-20(18)36(17)22(37)38-12(2)3/h5-10,12,17,19,21H,4,11,35H2,1-3H3/t17-,19-,21?/m1/s1. The van der Waals surface area contributed by atoms with Crippen LogP contribution >= 0.6 is 0 Å². The van der Waals surface area contributed by atoms with Crippen molar-refractivity contribution in [3.05, 3.63) is 64.2 Å². The lowest BCUT2D eigenvalue weighted by Gasteiger charge is -2.42. The van der Waals surface area contributed by atoms with Crippen LogP contribution in [0.3, 0.4) is 0 Å². The summed E-state index contributed by atoms with van der Waals surface area (Å²) in [5.74, 6) is -1.15. The van der Waals surface area contributed by atoms with Crippen LogP contribution in [0.2, 0.25) is 0 Å². The van der Waals surface area contributed by atoms with Gasteiger partial charge in [0.1, 0.15) is 0 Å². The Kier molecular flexibility index (Phi) is 8.03. The van der Waals surface area contributed by atoms with Crippen molar-refractivity contribution >= 4 is 11.8 Å². The maximum absolute atomic E-state index is 13.6. The lowest BCUT2D eigenvalue weighted by Crippen LogP contribution is -2.47. The Balaban J connectivity index is 2.22. The number of alkyl halides is 9. The molecular formula is C25H25F9N2O2. The number of halogens is 9. The molecule has 0 aliphatic carbocycles. The zero-order valence-electron chi connectivity index (χ0n) is 20.4. The Morgan fingerprint density at radius 3 is 1.89 bits per heavy atom. The summed E-state index contributed by atoms with van der Waals surface area (Å²) >= 11 is 0. The minimum absolute atomic E-state index is 0.00905. The first-order chi connectivity index (χ1) is 17.3. The Bertz CT molecular complexity index is 1140. The Labute approximate surface area is 212 Å². The molecule has 0 saturated heterocycles. The molecule has 0 fully saturated rings. The van der Waals surface area contributed by atoms with E-state index < -0.39 is 71.0 Å². The van der Waals surface area contributed by atoms with Crippen LogP contribution in [0.4, 0.5) is 50.0 Å². The van der Waals surface area contributed by atoms with Gasteiger partial charge in [-0.2, -0.15) is 39.5 Å². The molecule has 1 heterocycles.